The van der Waals surface area contributed by atoms with Crippen molar-refractivity contribution in [2.75, 3.05) is 51.3 Å². The lowest BCUT2D eigenvalue weighted by molar-refractivity contribution is 0.0289. The first-order valence-electron chi connectivity index (χ1n) is 11.3. The lowest BCUT2D eigenvalue weighted by atomic mass is 9.95. The molecule has 0 bridgehead atoms. The third-order valence-electron chi connectivity index (χ3n) is 6.05. The lowest BCUT2D eigenvalue weighted by Crippen LogP contribution is -2.47. The summed E-state index contributed by atoms with van der Waals surface area (Å²) in [6, 6.07) is 12.8. The minimum atomic E-state index is 0.227. The van der Waals surface area contributed by atoms with Crippen LogP contribution in [0.5, 0.6) is 5.75 Å². The zero-order chi connectivity index (χ0) is 22.9. The van der Waals surface area contributed by atoms with Crippen LogP contribution in [0, 0.1) is 0 Å². The van der Waals surface area contributed by atoms with Gasteiger partial charge in [-0.25, -0.2) is 0 Å². The number of halogens is 2. The van der Waals surface area contributed by atoms with Gasteiger partial charge in [0.15, 0.2) is 0 Å². The average Bonchev–Trinajstić information content (AvgIpc) is 2.83. The van der Waals surface area contributed by atoms with Crippen LogP contribution in [0.25, 0.3) is 0 Å². The minimum absolute atomic E-state index is 0.227. The van der Waals surface area contributed by atoms with Crippen molar-refractivity contribution < 1.29 is 9.47 Å². The van der Waals surface area contributed by atoms with Crippen LogP contribution in [0.15, 0.2) is 57.5 Å². The molecule has 32 heavy (non-hydrogen) atoms. The van der Waals surface area contributed by atoms with E-state index in [2.05, 4.69) is 65.9 Å². The van der Waals surface area contributed by atoms with Gasteiger partial charge >= 0.3 is 0 Å². The molecule has 0 radical (unpaired) electrons. The van der Waals surface area contributed by atoms with Gasteiger partial charge in [0.1, 0.15) is 5.75 Å². The zero-order valence-corrected chi connectivity index (χ0v) is 22.5. The SMILES string of the molecule is C/C=C\C.COc1ccc(N2CCN(CCC3OCCc4cc(Br)ccc43)CC2)c(Br)c1. The molecule has 1 atom stereocenters. The summed E-state index contributed by atoms with van der Waals surface area (Å²) in [6.45, 7) is 10.2. The molecule has 0 amide bonds. The van der Waals surface area contributed by atoms with Gasteiger partial charge in [-0.05, 0) is 84.1 Å². The number of rotatable bonds is 5. The maximum absolute atomic E-state index is 6.09. The number of methoxy groups -OCH3 is 1. The highest BCUT2D eigenvalue weighted by Gasteiger charge is 2.24. The van der Waals surface area contributed by atoms with Gasteiger partial charge in [-0.1, -0.05) is 34.1 Å². The van der Waals surface area contributed by atoms with Crippen molar-refractivity contribution in [2.24, 2.45) is 0 Å². The Hall–Kier alpha value is -1.34. The molecule has 1 saturated heterocycles. The Morgan fingerprint density at radius 2 is 1.78 bits per heavy atom. The van der Waals surface area contributed by atoms with Crippen molar-refractivity contribution >= 4 is 37.5 Å². The Morgan fingerprint density at radius 3 is 2.44 bits per heavy atom. The maximum Gasteiger partial charge on any atom is 0.120 e. The number of nitrogens with zero attached hydrogens (tertiary/aromatic N) is 2. The van der Waals surface area contributed by atoms with Gasteiger partial charge in [0.25, 0.3) is 0 Å². The molecule has 0 spiro atoms. The molecule has 1 unspecified atom stereocenters. The molecule has 0 aliphatic carbocycles. The minimum Gasteiger partial charge on any atom is -0.497 e. The second-order valence-corrected chi connectivity index (χ2v) is 9.82. The van der Waals surface area contributed by atoms with E-state index in [1.807, 2.05) is 38.1 Å². The molecule has 2 aliphatic rings. The Balaban J connectivity index is 0.000000668. The van der Waals surface area contributed by atoms with Crippen LogP contribution in [0.3, 0.4) is 0 Å². The van der Waals surface area contributed by atoms with Crippen molar-refractivity contribution in [3.63, 3.8) is 0 Å². The largest absolute Gasteiger partial charge is 0.497 e. The van der Waals surface area contributed by atoms with Crippen molar-refractivity contribution in [3.8, 4) is 5.75 Å². The van der Waals surface area contributed by atoms with E-state index in [1.54, 1.807) is 7.11 Å². The van der Waals surface area contributed by atoms with Gasteiger partial charge in [0.05, 0.1) is 25.5 Å². The standard InChI is InChI=1S/C22H26Br2N2O2.C4H8/c1-27-18-3-5-21(20(24)15-18)26-11-9-25(10-12-26)8-6-22-19-4-2-17(23)14-16(19)7-13-28-22;1-3-4-2/h2-5,14-15,22H,6-13H2,1H3;3-4H,1-2H3/b;4-3-. The molecule has 2 aromatic carbocycles. The van der Waals surface area contributed by atoms with E-state index < -0.39 is 0 Å². The van der Waals surface area contributed by atoms with Crippen molar-refractivity contribution in [2.45, 2.75) is 32.8 Å². The van der Waals surface area contributed by atoms with Crippen LogP contribution in [0.2, 0.25) is 0 Å². The topological polar surface area (TPSA) is 24.9 Å². The maximum atomic E-state index is 6.09. The van der Waals surface area contributed by atoms with E-state index in [4.69, 9.17) is 9.47 Å². The molecule has 2 heterocycles. The Kier molecular flexibility index (Phi) is 10.1. The van der Waals surface area contributed by atoms with Gasteiger partial charge in [-0.2, -0.15) is 0 Å². The van der Waals surface area contributed by atoms with E-state index in [9.17, 15) is 0 Å². The summed E-state index contributed by atoms with van der Waals surface area (Å²) in [7, 11) is 1.70. The first-order chi connectivity index (χ1) is 15.5. The van der Waals surface area contributed by atoms with Crippen LogP contribution >= 0.6 is 31.9 Å². The van der Waals surface area contributed by atoms with Crippen molar-refractivity contribution in [1.29, 1.82) is 0 Å². The van der Waals surface area contributed by atoms with Crippen LogP contribution < -0.4 is 9.64 Å². The van der Waals surface area contributed by atoms with Crippen LogP contribution in [-0.4, -0.2) is 51.3 Å². The molecule has 0 N–H and O–H groups in total. The molecule has 0 aromatic heterocycles. The molecular formula is C26H34Br2N2O2. The first-order valence-corrected chi connectivity index (χ1v) is 12.9. The molecule has 1 fully saturated rings. The van der Waals surface area contributed by atoms with Crippen molar-refractivity contribution in [1.82, 2.24) is 4.90 Å². The predicted molar refractivity (Wildman–Crippen MR) is 141 cm³/mol. The molecule has 6 heteroatoms. The fourth-order valence-electron chi connectivity index (χ4n) is 4.13. The van der Waals surface area contributed by atoms with E-state index in [1.165, 1.54) is 16.8 Å². The van der Waals surface area contributed by atoms with E-state index in [-0.39, 0.29) is 6.10 Å². The molecule has 2 aromatic rings. The highest BCUT2D eigenvalue weighted by molar-refractivity contribution is 9.10. The second-order valence-electron chi connectivity index (χ2n) is 8.05. The lowest BCUT2D eigenvalue weighted by Gasteiger charge is -2.37. The summed E-state index contributed by atoms with van der Waals surface area (Å²) in [5.41, 5.74) is 4.05. The summed E-state index contributed by atoms with van der Waals surface area (Å²) in [5.74, 6) is 0.883. The van der Waals surface area contributed by atoms with Crippen molar-refractivity contribution in [3.05, 3.63) is 68.6 Å². The molecular weight excluding hydrogens is 532 g/mol. The second kappa shape index (κ2) is 12.8. The highest BCUT2D eigenvalue weighted by atomic mass is 79.9. The Bertz CT molecular complexity index is 891. The smallest absolute Gasteiger partial charge is 0.120 e. The number of anilines is 1. The Labute approximate surface area is 209 Å². The fraction of sp³-hybridized carbons (Fsp3) is 0.462. The third-order valence-corrected chi connectivity index (χ3v) is 7.18. The number of hydrogen-bond acceptors (Lipinski definition) is 4. The molecule has 174 valence electrons. The van der Waals surface area contributed by atoms with Crippen LogP contribution in [0.1, 0.15) is 37.5 Å². The monoisotopic (exact) mass is 564 g/mol. The van der Waals surface area contributed by atoms with Gasteiger partial charge in [-0.15, -0.1) is 0 Å². The van der Waals surface area contributed by atoms with E-state index in [0.717, 1.165) is 66.9 Å². The van der Waals surface area contributed by atoms with Gasteiger partial charge < -0.3 is 14.4 Å². The molecule has 0 saturated carbocycles. The molecule has 4 nitrogen and oxygen atoms in total. The van der Waals surface area contributed by atoms with E-state index >= 15 is 0 Å². The molecule has 4 rings (SSSR count). The van der Waals surface area contributed by atoms with E-state index in [0.29, 0.717) is 0 Å². The summed E-state index contributed by atoms with van der Waals surface area (Å²) in [5, 5.41) is 0. The number of hydrogen-bond donors (Lipinski definition) is 0. The summed E-state index contributed by atoms with van der Waals surface area (Å²) in [4.78, 5) is 5.01. The third kappa shape index (κ3) is 6.83. The highest BCUT2D eigenvalue weighted by Crippen LogP contribution is 2.33. The zero-order valence-electron chi connectivity index (χ0n) is 19.3. The number of allylic oxidation sites excluding steroid dienone is 2. The number of ether oxygens (including phenoxy) is 2. The number of piperazine rings is 1. The number of benzene rings is 2. The quantitative estimate of drug-likeness (QED) is 0.380. The summed E-state index contributed by atoms with van der Waals surface area (Å²) >= 11 is 7.27. The normalized spacial score (nSPS) is 18.8. The van der Waals surface area contributed by atoms with Crippen LogP contribution in [-0.2, 0) is 11.2 Å². The van der Waals surface area contributed by atoms with Gasteiger partial charge in [0.2, 0.25) is 0 Å². The predicted octanol–water partition coefficient (Wildman–Crippen LogP) is 6.63. The first kappa shape index (κ1) is 25.3. The number of fused-ring (bicyclic) bond motifs is 1. The summed E-state index contributed by atoms with van der Waals surface area (Å²) in [6.07, 6.45) is 6.30. The van der Waals surface area contributed by atoms with Crippen LogP contribution in [0.4, 0.5) is 5.69 Å². The Morgan fingerprint density at radius 1 is 1.03 bits per heavy atom. The average molecular weight is 566 g/mol. The summed E-state index contributed by atoms with van der Waals surface area (Å²) < 4.78 is 13.7. The fourth-order valence-corrected chi connectivity index (χ4v) is 5.15. The molecule has 2 aliphatic heterocycles. The van der Waals surface area contributed by atoms with Gasteiger partial charge in [0, 0.05) is 41.7 Å². The van der Waals surface area contributed by atoms with Gasteiger partial charge in [-0.3, -0.25) is 4.90 Å².